The van der Waals surface area contributed by atoms with Crippen LogP contribution in [0.3, 0.4) is 0 Å². The number of halogens is 1. The van der Waals surface area contributed by atoms with Crippen LogP contribution in [0.2, 0.25) is 0 Å². The molecule has 168 valence electrons. The molecule has 4 rings (SSSR count). The molecule has 2 aliphatic rings. The highest BCUT2D eigenvalue weighted by Crippen LogP contribution is 2.34. The lowest BCUT2D eigenvalue weighted by Gasteiger charge is -2.29. The number of carbonyl (C=O) groups is 2. The maximum absolute atomic E-state index is 14.2. The standard InChI is InChI=1S/C25H27FN2O4/c1-17(2)16-32-20-9-7-18(8-10-20)22-23(27-11-13-31-14-12-27)25(30)28(24(22)29)15-19-5-3-4-6-21(19)26/h3-10,17H,11-16H2,1-2H3. The Labute approximate surface area is 187 Å². The second kappa shape index (κ2) is 9.53. The minimum atomic E-state index is -0.443. The van der Waals surface area contributed by atoms with E-state index in [-0.39, 0.29) is 6.54 Å². The minimum absolute atomic E-state index is 0.114. The molecule has 6 nitrogen and oxygen atoms in total. The van der Waals surface area contributed by atoms with Crippen molar-refractivity contribution >= 4 is 17.4 Å². The van der Waals surface area contributed by atoms with Gasteiger partial charge in [-0.15, -0.1) is 0 Å². The van der Waals surface area contributed by atoms with Crippen LogP contribution in [-0.2, 0) is 20.9 Å². The Bertz CT molecular complexity index is 1030. The summed E-state index contributed by atoms with van der Waals surface area (Å²) in [5, 5.41) is 0. The zero-order valence-electron chi connectivity index (χ0n) is 18.3. The first kappa shape index (κ1) is 22.0. The number of nitrogens with zero attached hydrogens (tertiary/aromatic N) is 2. The van der Waals surface area contributed by atoms with Gasteiger partial charge < -0.3 is 14.4 Å². The van der Waals surface area contributed by atoms with Crippen molar-refractivity contribution in [2.24, 2.45) is 5.92 Å². The summed E-state index contributed by atoms with van der Waals surface area (Å²) < 4.78 is 25.4. The molecule has 0 aromatic heterocycles. The normalized spacial score (nSPS) is 17.0. The van der Waals surface area contributed by atoms with Gasteiger partial charge in [-0.3, -0.25) is 14.5 Å². The van der Waals surface area contributed by atoms with E-state index in [1.165, 1.54) is 6.07 Å². The second-order valence-electron chi connectivity index (χ2n) is 8.34. The van der Waals surface area contributed by atoms with Gasteiger partial charge in [0, 0.05) is 18.7 Å². The van der Waals surface area contributed by atoms with Crippen LogP contribution in [0.4, 0.5) is 4.39 Å². The molecule has 2 heterocycles. The highest BCUT2D eigenvalue weighted by Gasteiger charge is 2.42. The minimum Gasteiger partial charge on any atom is -0.493 e. The van der Waals surface area contributed by atoms with Crippen LogP contribution in [0.1, 0.15) is 25.0 Å². The second-order valence-corrected chi connectivity index (χ2v) is 8.34. The fraction of sp³-hybridized carbons (Fsp3) is 0.360. The average Bonchev–Trinajstić information content (AvgIpc) is 3.04. The summed E-state index contributed by atoms with van der Waals surface area (Å²) in [7, 11) is 0. The fourth-order valence-electron chi connectivity index (χ4n) is 3.83. The number of imide groups is 1. The summed E-state index contributed by atoms with van der Waals surface area (Å²) in [5.41, 5.74) is 1.63. The van der Waals surface area contributed by atoms with E-state index in [1.54, 1.807) is 42.5 Å². The van der Waals surface area contributed by atoms with Crippen molar-refractivity contribution in [3.63, 3.8) is 0 Å². The first-order valence-electron chi connectivity index (χ1n) is 10.9. The molecule has 0 spiro atoms. The highest BCUT2D eigenvalue weighted by molar-refractivity contribution is 6.35. The molecule has 0 saturated carbocycles. The van der Waals surface area contributed by atoms with Gasteiger partial charge in [-0.2, -0.15) is 0 Å². The molecule has 1 fully saturated rings. The van der Waals surface area contributed by atoms with Crippen LogP contribution in [0.15, 0.2) is 54.2 Å². The molecule has 7 heteroatoms. The Hall–Kier alpha value is -3.19. The summed E-state index contributed by atoms with van der Waals surface area (Å²) >= 11 is 0. The molecule has 0 radical (unpaired) electrons. The fourth-order valence-corrected chi connectivity index (χ4v) is 3.83. The number of benzene rings is 2. The van der Waals surface area contributed by atoms with Crippen LogP contribution in [-0.4, -0.2) is 54.5 Å². The molecule has 2 aromatic carbocycles. The van der Waals surface area contributed by atoms with Gasteiger partial charge in [0.15, 0.2) is 0 Å². The number of hydrogen-bond acceptors (Lipinski definition) is 5. The molecule has 32 heavy (non-hydrogen) atoms. The highest BCUT2D eigenvalue weighted by atomic mass is 19.1. The quantitative estimate of drug-likeness (QED) is 0.620. The monoisotopic (exact) mass is 438 g/mol. The van der Waals surface area contributed by atoms with Crippen LogP contribution in [0.25, 0.3) is 5.57 Å². The van der Waals surface area contributed by atoms with E-state index >= 15 is 0 Å². The smallest absolute Gasteiger partial charge is 0.278 e. The third-order valence-electron chi connectivity index (χ3n) is 5.48. The van der Waals surface area contributed by atoms with Crippen molar-refractivity contribution in [3.05, 3.63) is 71.2 Å². The lowest BCUT2D eigenvalue weighted by molar-refractivity contribution is -0.138. The SMILES string of the molecule is CC(C)COc1ccc(C2=C(N3CCOCC3)C(=O)N(Cc3ccccc3F)C2=O)cc1. The van der Waals surface area contributed by atoms with Crippen LogP contribution < -0.4 is 4.74 Å². The molecule has 0 N–H and O–H groups in total. The van der Waals surface area contributed by atoms with Crippen LogP contribution in [0.5, 0.6) is 5.75 Å². The van der Waals surface area contributed by atoms with Crippen molar-refractivity contribution < 1.29 is 23.5 Å². The van der Waals surface area contributed by atoms with E-state index in [0.717, 1.165) is 4.90 Å². The van der Waals surface area contributed by atoms with Gasteiger partial charge in [-0.25, -0.2) is 4.39 Å². The van der Waals surface area contributed by atoms with E-state index in [9.17, 15) is 14.0 Å². The molecule has 2 amide bonds. The van der Waals surface area contributed by atoms with Gasteiger partial charge in [0.2, 0.25) is 0 Å². The maximum atomic E-state index is 14.2. The third kappa shape index (κ3) is 4.53. The number of ether oxygens (including phenoxy) is 2. The van der Waals surface area contributed by atoms with Gasteiger partial charge in [0.1, 0.15) is 17.3 Å². The first-order valence-corrected chi connectivity index (χ1v) is 10.9. The van der Waals surface area contributed by atoms with Gasteiger partial charge in [-0.05, 0) is 29.7 Å². The van der Waals surface area contributed by atoms with Crippen molar-refractivity contribution in [2.45, 2.75) is 20.4 Å². The molecule has 1 saturated heterocycles. The van der Waals surface area contributed by atoms with E-state index in [0.29, 0.717) is 67.0 Å². The molecule has 0 aliphatic carbocycles. The van der Waals surface area contributed by atoms with Crippen molar-refractivity contribution in [3.8, 4) is 5.75 Å². The topological polar surface area (TPSA) is 59.1 Å². The summed E-state index contributed by atoms with van der Waals surface area (Å²) in [5.74, 6) is -0.172. The van der Waals surface area contributed by atoms with E-state index in [1.807, 2.05) is 4.90 Å². The zero-order valence-corrected chi connectivity index (χ0v) is 18.3. The van der Waals surface area contributed by atoms with E-state index in [4.69, 9.17) is 9.47 Å². The Morgan fingerprint density at radius 1 is 1.00 bits per heavy atom. The Morgan fingerprint density at radius 2 is 1.69 bits per heavy atom. The molecular weight excluding hydrogens is 411 g/mol. The Kier molecular flexibility index (Phi) is 6.55. The lowest BCUT2D eigenvalue weighted by atomic mass is 10.0. The summed E-state index contributed by atoms with van der Waals surface area (Å²) in [6.07, 6.45) is 0. The number of amides is 2. The zero-order chi connectivity index (χ0) is 22.7. The molecule has 0 unspecified atom stereocenters. The molecule has 0 bridgehead atoms. The van der Waals surface area contributed by atoms with E-state index < -0.39 is 17.6 Å². The summed E-state index contributed by atoms with van der Waals surface area (Å²) in [4.78, 5) is 29.8. The molecule has 2 aliphatic heterocycles. The van der Waals surface area contributed by atoms with Crippen LogP contribution >= 0.6 is 0 Å². The lowest BCUT2D eigenvalue weighted by Crippen LogP contribution is -2.40. The predicted molar refractivity (Wildman–Crippen MR) is 118 cm³/mol. The number of hydrogen-bond donors (Lipinski definition) is 0. The number of carbonyl (C=O) groups excluding carboxylic acids is 2. The van der Waals surface area contributed by atoms with Crippen LogP contribution in [0, 0.1) is 11.7 Å². The largest absolute Gasteiger partial charge is 0.493 e. The average molecular weight is 438 g/mol. The van der Waals surface area contributed by atoms with Crippen molar-refractivity contribution in [2.75, 3.05) is 32.9 Å². The van der Waals surface area contributed by atoms with Crippen molar-refractivity contribution in [1.82, 2.24) is 9.80 Å². The first-order chi connectivity index (χ1) is 15.5. The van der Waals surface area contributed by atoms with Crippen molar-refractivity contribution in [1.29, 1.82) is 0 Å². The Morgan fingerprint density at radius 3 is 2.34 bits per heavy atom. The molecular formula is C25H27FN2O4. The van der Waals surface area contributed by atoms with Gasteiger partial charge in [0.05, 0.1) is 31.9 Å². The summed E-state index contributed by atoms with van der Waals surface area (Å²) in [6, 6.07) is 13.4. The number of rotatable bonds is 7. The molecule has 0 atom stereocenters. The third-order valence-corrected chi connectivity index (χ3v) is 5.48. The number of morpholine rings is 1. The van der Waals surface area contributed by atoms with Gasteiger partial charge >= 0.3 is 0 Å². The van der Waals surface area contributed by atoms with Gasteiger partial charge in [-0.1, -0.05) is 44.2 Å². The van der Waals surface area contributed by atoms with E-state index in [2.05, 4.69) is 13.8 Å². The summed E-state index contributed by atoms with van der Waals surface area (Å²) in [6.45, 7) is 6.61. The molecule has 2 aromatic rings. The predicted octanol–water partition coefficient (Wildman–Crippen LogP) is 3.47. The van der Waals surface area contributed by atoms with Gasteiger partial charge in [0.25, 0.3) is 11.8 Å². The Balaban J connectivity index is 1.67. The maximum Gasteiger partial charge on any atom is 0.278 e.